The molecule has 0 amide bonds. The van der Waals surface area contributed by atoms with Crippen LogP contribution in [0.1, 0.15) is 44.9 Å². The van der Waals surface area contributed by atoms with Gasteiger partial charge in [-0.2, -0.15) is 0 Å². The molecule has 0 aromatic heterocycles. The van der Waals surface area contributed by atoms with Crippen LogP contribution in [0.25, 0.3) is 0 Å². The predicted molar refractivity (Wildman–Crippen MR) is 69.2 cm³/mol. The molecule has 0 bridgehead atoms. The van der Waals surface area contributed by atoms with Gasteiger partial charge < -0.3 is 14.8 Å². The zero-order chi connectivity index (χ0) is 11.9. The van der Waals surface area contributed by atoms with Crippen LogP contribution in [-0.4, -0.2) is 39.0 Å². The second kappa shape index (κ2) is 7.34. The quantitative estimate of drug-likeness (QED) is 0.801. The lowest BCUT2D eigenvalue weighted by Crippen LogP contribution is -2.40. The van der Waals surface area contributed by atoms with E-state index in [1.54, 1.807) is 0 Å². The maximum atomic E-state index is 6.05. The van der Waals surface area contributed by atoms with Crippen molar-refractivity contribution in [3.05, 3.63) is 0 Å². The Morgan fingerprint density at radius 2 is 1.82 bits per heavy atom. The summed E-state index contributed by atoms with van der Waals surface area (Å²) in [6, 6.07) is 0.554. The Morgan fingerprint density at radius 1 is 1.12 bits per heavy atom. The standard InChI is InChI=1S/C14H27NO2/c1-15-14(12-5-3-2-4-6-12)11-17-13-7-9-16-10-8-13/h12-15H,2-11H2,1H3. The van der Waals surface area contributed by atoms with Gasteiger partial charge in [0, 0.05) is 19.3 Å². The normalized spacial score (nSPS) is 25.9. The minimum Gasteiger partial charge on any atom is -0.381 e. The van der Waals surface area contributed by atoms with Gasteiger partial charge in [0.25, 0.3) is 0 Å². The number of hydrogen-bond donors (Lipinski definition) is 1. The van der Waals surface area contributed by atoms with E-state index >= 15 is 0 Å². The number of rotatable bonds is 5. The molecule has 2 rings (SSSR count). The van der Waals surface area contributed by atoms with E-state index in [4.69, 9.17) is 9.47 Å². The summed E-state index contributed by atoms with van der Waals surface area (Å²) in [7, 11) is 2.08. The Bertz CT molecular complexity index is 198. The van der Waals surface area contributed by atoms with Crippen LogP contribution in [0.3, 0.4) is 0 Å². The van der Waals surface area contributed by atoms with Gasteiger partial charge in [0.15, 0.2) is 0 Å². The van der Waals surface area contributed by atoms with Gasteiger partial charge in [-0.1, -0.05) is 19.3 Å². The molecule has 2 fully saturated rings. The molecule has 1 N–H and O–H groups in total. The molecule has 0 radical (unpaired) electrons. The van der Waals surface area contributed by atoms with E-state index in [-0.39, 0.29) is 0 Å². The molecule has 0 aromatic carbocycles. The molecule has 2 aliphatic rings. The molecule has 1 aliphatic carbocycles. The average Bonchev–Trinajstić information content (AvgIpc) is 2.42. The maximum Gasteiger partial charge on any atom is 0.0626 e. The van der Waals surface area contributed by atoms with E-state index in [1.165, 1.54) is 32.1 Å². The lowest BCUT2D eigenvalue weighted by molar-refractivity contribution is -0.0431. The van der Waals surface area contributed by atoms with E-state index in [0.717, 1.165) is 38.6 Å². The predicted octanol–water partition coefficient (Wildman–Crippen LogP) is 2.35. The molecule has 3 heteroatoms. The Balaban J connectivity index is 1.70. The largest absolute Gasteiger partial charge is 0.381 e. The molecule has 1 heterocycles. The Labute approximate surface area is 105 Å². The molecule has 3 nitrogen and oxygen atoms in total. The highest BCUT2D eigenvalue weighted by molar-refractivity contribution is 4.78. The summed E-state index contributed by atoms with van der Waals surface area (Å²) in [6.07, 6.45) is 9.56. The molecule has 1 saturated carbocycles. The minimum absolute atomic E-state index is 0.434. The highest BCUT2D eigenvalue weighted by Crippen LogP contribution is 2.27. The summed E-state index contributed by atoms with van der Waals surface area (Å²) in [5.74, 6) is 0.827. The van der Waals surface area contributed by atoms with Crippen molar-refractivity contribution >= 4 is 0 Å². The molecule has 0 aromatic rings. The van der Waals surface area contributed by atoms with Gasteiger partial charge in [0.2, 0.25) is 0 Å². The van der Waals surface area contributed by atoms with Crippen molar-refractivity contribution in [2.75, 3.05) is 26.9 Å². The topological polar surface area (TPSA) is 30.5 Å². The molecular weight excluding hydrogens is 214 g/mol. The lowest BCUT2D eigenvalue weighted by atomic mass is 9.84. The molecule has 1 aliphatic heterocycles. The third-order valence-electron chi connectivity index (χ3n) is 4.27. The van der Waals surface area contributed by atoms with E-state index in [9.17, 15) is 0 Å². The first-order valence-electron chi connectivity index (χ1n) is 7.26. The van der Waals surface area contributed by atoms with E-state index in [1.807, 2.05) is 0 Å². The third kappa shape index (κ3) is 4.23. The fraction of sp³-hybridized carbons (Fsp3) is 1.00. The maximum absolute atomic E-state index is 6.05. The van der Waals surface area contributed by atoms with Gasteiger partial charge in [-0.15, -0.1) is 0 Å². The second-order valence-electron chi connectivity index (χ2n) is 5.44. The van der Waals surface area contributed by atoms with E-state index in [2.05, 4.69) is 12.4 Å². The molecular formula is C14H27NO2. The van der Waals surface area contributed by atoms with E-state index in [0.29, 0.717) is 12.1 Å². The third-order valence-corrected chi connectivity index (χ3v) is 4.27. The fourth-order valence-corrected chi connectivity index (χ4v) is 3.07. The summed E-state index contributed by atoms with van der Waals surface area (Å²) in [5.41, 5.74) is 0. The molecule has 1 atom stereocenters. The van der Waals surface area contributed by atoms with Crippen LogP contribution in [-0.2, 0) is 9.47 Å². The number of nitrogens with one attached hydrogen (secondary N) is 1. The first kappa shape index (κ1) is 13.3. The minimum atomic E-state index is 0.434. The SMILES string of the molecule is CNC(COC1CCOCC1)C1CCCCC1. The second-order valence-corrected chi connectivity index (χ2v) is 5.44. The monoisotopic (exact) mass is 241 g/mol. The number of ether oxygens (including phenoxy) is 2. The van der Waals surface area contributed by atoms with E-state index < -0.39 is 0 Å². The lowest BCUT2D eigenvalue weighted by Gasteiger charge is -2.32. The van der Waals surface area contributed by atoms with Crippen molar-refractivity contribution < 1.29 is 9.47 Å². The van der Waals surface area contributed by atoms with Crippen molar-refractivity contribution in [2.24, 2.45) is 5.92 Å². The number of hydrogen-bond acceptors (Lipinski definition) is 3. The molecule has 1 unspecified atom stereocenters. The van der Waals surface area contributed by atoms with Crippen LogP contribution in [0.15, 0.2) is 0 Å². The zero-order valence-corrected chi connectivity index (χ0v) is 11.1. The van der Waals surface area contributed by atoms with Gasteiger partial charge in [-0.25, -0.2) is 0 Å². The summed E-state index contributed by atoms with van der Waals surface area (Å²) in [6.45, 7) is 2.63. The fourth-order valence-electron chi connectivity index (χ4n) is 3.07. The molecule has 17 heavy (non-hydrogen) atoms. The highest BCUT2D eigenvalue weighted by Gasteiger charge is 2.24. The van der Waals surface area contributed by atoms with Gasteiger partial charge in [0.05, 0.1) is 12.7 Å². The van der Waals surface area contributed by atoms with Crippen molar-refractivity contribution in [3.8, 4) is 0 Å². The summed E-state index contributed by atoms with van der Waals surface area (Å²) in [4.78, 5) is 0. The van der Waals surface area contributed by atoms with Crippen LogP contribution in [0.2, 0.25) is 0 Å². The summed E-state index contributed by atoms with van der Waals surface area (Å²) < 4.78 is 11.4. The zero-order valence-electron chi connectivity index (χ0n) is 11.1. The Morgan fingerprint density at radius 3 is 2.47 bits per heavy atom. The van der Waals surface area contributed by atoms with Crippen LogP contribution < -0.4 is 5.32 Å². The number of likely N-dealkylation sites (N-methyl/N-ethyl adjacent to an activating group) is 1. The Hall–Kier alpha value is -0.120. The van der Waals surface area contributed by atoms with Crippen LogP contribution >= 0.6 is 0 Å². The van der Waals surface area contributed by atoms with Crippen LogP contribution in [0.4, 0.5) is 0 Å². The smallest absolute Gasteiger partial charge is 0.0626 e. The van der Waals surface area contributed by atoms with Crippen molar-refractivity contribution in [3.63, 3.8) is 0 Å². The summed E-state index contributed by atoms with van der Waals surface area (Å²) >= 11 is 0. The summed E-state index contributed by atoms with van der Waals surface area (Å²) in [5, 5.41) is 3.46. The highest BCUT2D eigenvalue weighted by atomic mass is 16.5. The average molecular weight is 241 g/mol. The molecule has 1 saturated heterocycles. The van der Waals surface area contributed by atoms with Crippen molar-refractivity contribution in [1.29, 1.82) is 0 Å². The molecule has 100 valence electrons. The van der Waals surface area contributed by atoms with Gasteiger partial charge >= 0.3 is 0 Å². The Kier molecular flexibility index (Phi) is 5.75. The van der Waals surface area contributed by atoms with Crippen LogP contribution in [0, 0.1) is 5.92 Å². The first-order valence-corrected chi connectivity index (χ1v) is 7.26. The first-order chi connectivity index (χ1) is 8.40. The van der Waals surface area contributed by atoms with Gasteiger partial charge in [-0.3, -0.25) is 0 Å². The van der Waals surface area contributed by atoms with Gasteiger partial charge in [0.1, 0.15) is 0 Å². The van der Waals surface area contributed by atoms with Crippen LogP contribution in [0.5, 0.6) is 0 Å². The van der Waals surface area contributed by atoms with Crippen molar-refractivity contribution in [2.45, 2.75) is 57.1 Å². The van der Waals surface area contributed by atoms with Gasteiger partial charge in [-0.05, 0) is 38.6 Å². The van der Waals surface area contributed by atoms with Crippen molar-refractivity contribution in [1.82, 2.24) is 5.32 Å². The molecule has 0 spiro atoms.